The first-order valence-corrected chi connectivity index (χ1v) is 8.84. The van der Waals surface area contributed by atoms with Crippen molar-refractivity contribution in [3.8, 4) is 0 Å². The van der Waals surface area contributed by atoms with E-state index in [1.807, 2.05) is 11.8 Å². The van der Waals surface area contributed by atoms with Gasteiger partial charge in [-0.25, -0.2) is 9.59 Å². The first-order valence-electron chi connectivity index (χ1n) is 7.80. The Labute approximate surface area is 145 Å². The Morgan fingerprint density at radius 1 is 1.17 bits per heavy atom. The van der Waals surface area contributed by atoms with Gasteiger partial charge in [-0.15, -0.1) is 5.06 Å². The van der Waals surface area contributed by atoms with Crippen LogP contribution in [0.3, 0.4) is 0 Å². The van der Waals surface area contributed by atoms with E-state index in [9.17, 15) is 19.2 Å². The minimum Gasteiger partial charge on any atom is -0.332 e. The van der Waals surface area contributed by atoms with Gasteiger partial charge in [-0.1, -0.05) is 13.8 Å². The Kier molecular flexibility index (Phi) is 6.09. The molecule has 2 N–H and O–H groups in total. The van der Waals surface area contributed by atoms with E-state index in [2.05, 4.69) is 10.6 Å². The molecule has 0 saturated carbocycles. The van der Waals surface area contributed by atoms with Crippen LogP contribution in [-0.2, 0) is 19.2 Å². The van der Waals surface area contributed by atoms with Gasteiger partial charge in [-0.3, -0.25) is 9.59 Å². The maximum atomic E-state index is 11.7. The summed E-state index contributed by atoms with van der Waals surface area (Å²) >= 11 is 1.83. The highest BCUT2D eigenvalue weighted by Crippen LogP contribution is 2.33. The van der Waals surface area contributed by atoms with Gasteiger partial charge in [0.25, 0.3) is 11.8 Å². The number of fused-ring (bicyclic) bond motifs is 1. The van der Waals surface area contributed by atoms with Crippen molar-refractivity contribution in [3.63, 3.8) is 0 Å². The molecule has 9 heteroatoms. The van der Waals surface area contributed by atoms with Crippen LogP contribution in [0.1, 0.15) is 46.0 Å². The number of hydrogen-bond acceptors (Lipinski definition) is 6. The van der Waals surface area contributed by atoms with Crippen LogP contribution in [0.5, 0.6) is 0 Å². The zero-order valence-electron chi connectivity index (χ0n) is 12.6. The summed E-state index contributed by atoms with van der Waals surface area (Å²) in [6.45, 7) is 0. The van der Waals surface area contributed by atoms with E-state index in [4.69, 9.17) is 4.84 Å². The lowest BCUT2D eigenvalue weighted by Crippen LogP contribution is -2.36. The number of nitrogens with one attached hydrogen (secondary N) is 2. The largest absolute Gasteiger partial charge is 0.333 e. The van der Waals surface area contributed by atoms with E-state index in [0.717, 1.165) is 18.6 Å². The first kappa shape index (κ1) is 18.6. The second-order valence-electron chi connectivity index (χ2n) is 5.91. The summed E-state index contributed by atoms with van der Waals surface area (Å²) in [6, 6.07) is 0.266. The third-order valence-corrected chi connectivity index (χ3v) is 5.77. The summed E-state index contributed by atoms with van der Waals surface area (Å²) in [5.41, 5.74) is 0. The van der Waals surface area contributed by atoms with Gasteiger partial charge < -0.3 is 15.5 Å². The molecule has 0 radical (unpaired) electrons. The number of hydrogen-bond donors (Lipinski definition) is 2. The van der Waals surface area contributed by atoms with Gasteiger partial charge in [-0.2, -0.15) is 11.8 Å². The molecule has 0 aromatic rings. The second-order valence-corrected chi connectivity index (χ2v) is 7.18. The predicted molar refractivity (Wildman–Crippen MR) is 87.9 cm³/mol. The van der Waals surface area contributed by atoms with Crippen LogP contribution in [0.25, 0.3) is 0 Å². The molecule has 4 amide bonds. The van der Waals surface area contributed by atoms with Crippen molar-refractivity contribution in [1.82, 2.24) is 15.7 Å². The summed E-state index contributed by atoms with van der Waals surface area (Å²) in [6.07, 6.45) is 2.75. The first-order chi connectivity index (χ1) is 11.0. The molecule has 3 aliphatic heterocycles. The van der Waals surface area contributed by atoms with E-state index in [1.54, 1.807) is 0 Å². The van der Waals surface area contributed by atoms with Crippen molar-refractivity contribution in [2.75, 3.05) is 5.75 Å². The maximum absolute atomic E-state index is 11.7. The number of urea groups is 1. The number of imide groups is 1. The van der Waals surface area contributed by atoms with E-state index < -0.39 is 17.8 Å². The molecule has 24 heavy (non-hydrogen) atoms. The quantitative estimate of drug-likeness (QED) is 0.417. The van der Waals surface area contributed by atoms with Gasteiger partial charge in [0.05, 0.1) is 12.1 Å². The molecule has 8 nitrogen and oxygen atoms in total. The van der Waals surface area contributed by atoms with Gasteiger partial charge in [0, 0.05) is 30.3 Å². The highest BCUT2D eigenvalue weighted by Gasteiger charge is 2.42. The standard InChI is InChI=1S/C14H19N3O5S.CH4/c18-10-5-6-11(19)17(10)22-12(20)4-2-1-3-9-13-8(7-23-9)15-14(21)16-13;/h8-9,13H,1-7H2,(H2,15,16,21);1H4. The molecule has 0 bridgehead atoms. The van der Waals surface area contributed by atoms with Crippen molar-refractivity contribution >= 4 is 35.6 Å². The molecule has 3 unspecified atom stereocenters. The Balaban J connectivity index is 0.00000208. The lowest BCUT2D eigenvalue weighted by Gasteiger charge is -2.16. The zero-order chi connectivity index (χ0) is 16.4. The molecule has 0 aromatic carbocycles. The molecule has 0 spiro atoms. The Morgan fingerprint density at radius 2 is 1.88 bits per heavy atom. The molecule has 3 atom stereocenters. The number of nitrogens with zero attached hydrogens (tertiary/aromatic N) is 1. The number of carbonyl (C=O) groups is 4. The average molecular weight is 357 g/mol. The summed E-state index contributed by atoms with van der Waals surface area (Å²) in [5.74, 6) is -0.557. The molecular formula is C15H23N3O5S. The highest BCUT2D eigenvalue weighted by molar-refractivity contribution is 8.00. The number of unbranched alkanes of at least 4 members (excludes halogenated alkanes) is 1. The van der Waals surface area contributed by atoms with E-state index >= 15 is 0 Å². The predicted octanol–water partition coefficient (Wildman–Crippen LogP) is 0.955. The summed E-state index contributed by atoms with van der Waals surface area (Å²) in [4.78, 5) is 50.5. The molecule has 3 fully saturated rings. The summed E-state index contributed by atoms with van der Waals surface area (Å²) in [7, 11) is 0. The normalized spacial score (nSPS) is 28.2. The Morgan fingerprint density at radius 3 is 2.58 bits per heavy atom. The third kappa shape index (κ3) is 4.00. The molecular weight excluding hydrogens is 334 g/mol. The Hall–Kier alpha value is -1.77. The topological polar surface area (TPSA) is 105 Å². The molecule has 3 rings (SSSR count). The van der Waals surface area contributed by atoms with Gasteiger partial charge >= 0.3 is 12.0 Å². The van der Waals surface area contributed by atoms with E-state index in [-0.39, 0.29) is 44.8 Å². The van der Waals surface area contributed by atoms with Crippen LogP contribution >= 0.6 is 11.8 Å². The number of thioether (sulfide) groups is 1. The monoisotopic (exact) mass is 357 g/mol. The van der Waals surface area contributed by atoms with Crippen LogP contribution in [0.4, 0.5) is 4.79 Å². The molecule has 3 saturated heterocycles. The fourth-order valence-electron chi connectivity index (χ4n) is 3.06. The highest BCUT2D eigenvalue weighted by atomic mass is 32.2. The number of hydroxylamine groups is 2. The van der Waals surface area contributed by atoms with Gasteiger partial charge in [0.2, 0.25) is 0 Å². The van der Waals surface area contributed by atoms with Gasteiger partial charge in [0.15, 0.2) is 0 Å². The van der Waals surface area contributed by atoms with E-state index in [1.165, 1.54) is 0 Å². The molecule has 134 valence electrons. The van der Waals surface area contributed by atoms with Crippen molar-refractivity contribution in [1.29, 1.82) is 0 Å². The molecule has 0 aliphatic carbocycles. The van der Waals surface area contributed by atoms with E-state index in [0.29, 0.717) is 16.7 Å². The number of amides is 4. The molecule has 3 heterocycles. The van der Waals surface area contributed by atoms with Gasteiger partial charge in [0.1, 0.15) is 0 Å². The maximum Gasteiger partial charge on any atom is 0.333 e. The van der Waals surface area contributed by atoms with Gasteiger partial charge in [-0.05, 0) is 12.8 Å². The minimum absolute atomic E-state index is 0. The lowest BCUT2D eigenvalue weighted by molar-refractivity contribution is -0.197. The van der Waals surface area contributed by atoms with Crippen molar-refractivity contribution in [2.24, 2.45) is 0 Å². The van der Waals surface area contributed by atoms with Crippen LogP contribution in [0.2, 0.25) is 0 Å². The third-order valence-electron chi connectivity index (χ3n) is 4.26. The van der Waals surface area contributed by atoms with Crippen LogP contribution in [-0.4, -0.2) is 52.0 Å². The Bertz CT molecular complexity index is 525. The van der Waals surface area contributed by atoms with Crippen molar-refractivity contribution in [3.05, 3.63) is 0 Å². The van der Waals surface area contributed by atoms with Crippen molar-refractivity contribution in [2.45, 2.75) is 63.3 Å². The van der Waals surface area contributed by atoms with Crippen molar-refractivity contribution < 1.29 is 24.0 Å². The fourth-order valence-corrected chi connectivity index (χ4v) is 4.61. The van der Waals surface area contributed by atoms with Crippen LogP contribution in [0.15, 0.2) is 0 Å². The fraction of sp³-hybridized carbons (Fsp3) is 0.733. The van der Waals surface area contributed by atoms with Crippen LogP contribution in [0, 0.1) is 0 Å². The number of carbonyl (C=O) groups excluding carboxylic acids is 4. The molecule has 0 aromatic heterocycles. The average Bonchev–Trinajstić information content (AvgIpc) is 3.14. The number of rotatable bonds is 6. The lowest BCUT2D eigenvalue weighted by atomic mass is 10.0. The van der Waals surface area contributed by atoms with Crippen LogP contribution < -0.4 is 10.6 Å². The zero-order valence-corrected chi connectivity index (χ0v) is 13.4. The molecule has 3 aliphatic rings. The smallest absolute Gasteiger partial charge is 0.332 e. The SMILES string of the molecule is C.O=C1NC2CSC(CCCCC(=O)ON3C(=O)CCC3=O)C2N1. The minimum atomic E-state index is -0.554. The second kappa shape index (κ2) is 7.87. The summed E-state index contributed by atoms with van der Waals surface area (Å²) < 4.78 is 0. The summed E-state index contributed by atoms with van der Waals surface area (Å²) in [5, 5.41) is 6.76.